The monoisotopic (exact) mass is 240 g/mol. The van der Waals surface area contributed by atoms with Gasteiger partial charge in [-0.3, -0.25) is 0 Å². The molecule has 0 spiro atoms. The summed E-state index contributed by atoms with van der Waals surface area (Å²) in [6, 6.07) is 9.01. The predicted octanol–water partition coefficient (Wildman–Crippen LogP) is 1.92. The van der Waals surface area contributed by atoms with Crippen molar-refractivity contribution in [3.63, 3.8) is 0 Å². The fourth-order valence-electron chi connectivity index (χ4n) is 2.01. The Bertz CT molecular complexity index is 733. The third-order valence-electron chi connectivity index (χ3n) is 2.97. The number of hydrogen-bond acceptors (Lipinski definition) is 4. The van der Waals surface area contributed by atoms with E-state index in [1.165, 1.54) is 0 Å². The zero-order valence-corrected chi connectivity index (χ0v) is 9.83. The largest absolute Gasteiger partial charge is 0.505 e. The quantitative estimate of drug-likeness (QED) is 0.503. The molecule has 0 aliphatic heterocycles. The number of para-hydroxylation sites is 1. The zero-order chi connectivity index (χ0) is 12.7. The summed E-state index contributed by atoms with van der Waals surface area (Å²) in [7, 11) is 1.88. The van der Waals surface area contributed by atoms with E-state index < -0.39 is 0 Å². The van der Waals surface area contributed by atoms with Gasteiger partial charge in [0.1, 0.15) is 11.6 Å². The van der Waals surface area contributed by atoms with Crippen LogP contribution in [0.1, 0.15) is 0 Å². The number of aryl methyl sites for hydroxylation is 1. The smallest absolute Gasteiger partial charge is 0.178 e. The molecule has 0 aliphatic rings. The molecular weight excluding hydrogens is 228 g/mol. The van der Waals surface area contributed by atoms with Gasteiger partial charge in [0, 0.05) is 13.2 Å². The summed E-state index contributed by atoms with van der Waals surface area (Å²) in [6.45, 7) is 0. The van der Waals surface area contributed by atoms with E-state index in [0.717, 1.165) is 5.52 Å². The van der Waals surface area contributed by atoms with Gasteiger partial charge in [-0.05, 0) is 24.3 Å². The molecule has 3 N–H and O–H groups in total. The highest BCUT2D eigenvalue weighted by molar-refractivity contribution is 5.81. The molecule has 3 rings (SSSR count). The highest BCUT2D eigenvalue weighted by Gasteiger charge is 2.14. The second kappa shape index (κ2) is 3.73. The third-order valence-corrected chi connectivity index (χ3v) is 2.97. The lowest BCUT2D eigenvalue weighted by Gasteiger charge is -2.06. The molecule has 90 valence electrons. The number of aromatic hydroxyl groups is 1. The first kappa shape index (κ1) is 10.6. The normalized spacial score (nSPS) is 10.9. The average Bonchev–Trinajstić information content (AvgIpc) is 2.71. The molecule has 0 aliphatic carbocycles. The summed E-state index contributed by atoms with van der Waals surface area (Å²) in [5.74, 6) is 0.699. The summed E-state index contributed by atoms with van der Waals surface area (Å²) in [6.07, 6.45) is 1.69. The van der Waals surface area contributed by atoms with Crippen LogP contribution < -0.4 is 5.73 Å². The van der Waals surface area contributed by atoms with Gasteiger partial charge >= 0.3 is 0 Å². The van der Waals surface area contributed by atoms with Gasteiger partial charge in [0.2, 0.25) is 0 Å². The molecular formula is C13H12N4O. The lowest BCUT2D eigenvalue weighted by Crippen LogP contribution is -1.94. The summed E-state index contributed by atoms with van der Waals surface area (Å²) in [5.41, 5.74) is 8.21. The number of fused-ring (bicyclic) bond motifs is 1. The Kier molecular flexibility index (Phi) is 2.19. The van der Waals surface area contributed by atoms with Crippen molar-refractivity contribution in [3.05, 3.63) is 36.5 Å². The van der Waals surface area contributed by atoms with Crippen molar-refractivity contribution in [2.45, 2.75) is 0 Å². The van der Waals surface area contributed by atoms with Gasteiger partial charge in [0.15, 0.2) is 5.65 Å². The van der Waals surface area contributed by atoms with Crippen LogP contribution in [0.25, 0.3) is 22.6 Å². The zero-order valence-electron chi connectivity index (χ0n) is 9.83. The molecule has 0 amide bonds. The van der Waals surface area contributed by atoms with E-state index in [0.29, 0.717) is 22.7 Å². The maximum Gasteiger partial charge on any atom is 0.178 e. The van der Waals surface area contributed by atoms with Crippen molar-refractivity contribution in [2.75, 3.05) is 5.73 Å². The molecule has 18 heavy (non-hydrogen) atoms. The van der Waals surface area contributed by atoms with Crippen LogP contribution in [0.2, 0.25) is 0 Å². The molecule has 0 radical (unpaired) electrons. The van der Waals surface area contributed by atoms with Crippen molar-refractivity contribution in [1.29, 1.82) is 0 Å². The molecule has 5 heteroatoms. The van der Waals surface area contributed by atoms with E-state index in [-0.39, 0.29) is 5.75 Å². The van der Waals surface area contributed by atoms with Crippen molar-refractivity contribution < 1.29 is 5.11 Å². The maximum absolute atomic E-state index is 10.0. The second-order valence-corrected chi connectivity index (χ2v) is 4.08. The van der Waals surface area contributed by atoms with Gasteiger partial charge in [-0.15, -0.1) is 0 Å². The predicted molar refractivity (Wildman–Crippen MR) is 70.0 cm³/mol. The number of nitrogen functional groups attached to an aromatic ring is 1. The van der Waals surface area contributed by atoms with Crippen LogP contribution in [0.4, 0.5) is 5.69 Å². The molecule has 0 atom stereocenters. The average molecular weight is 240 g/mol. The first-order valence-corrected chi connectivity index (χ1v) is 5.54. The number of nitrogens with zero attached hydrogens (tertiary/aromatic N) is 3. The lowest BCUT2D eigenvalue weighted by atomic mass is 10.1. The number of hydrogen-bond donors (Lipinski definition) is 2. The van der Waals surface area contributed by atoms with E-state index in [1.54, 1.807) is 24.4 Å². The van der Waals surface area contributed by atoms with Crippen LogP contribution in [0.15, 0.2) is 36.5 Å². The van der Waals surface area contributed by atoms with Crippen molar-refractivity contribution in [3.8, 4) is 17.1 Å². The van der Waals surface area contributed by atoms with Gasteiger partial charge in [-0.2, -0.15) is 0 Å². The Balaban J connectivity index is 2.32. The summed E-state index contributed by atoms with van der Waals surface area (Å²) >= 11 is 0. The van der Waals surface area contributed by atoms with Crippen molar-refractivity contribution in [2.24, 2.45) is 7.05 Å². The second-order valence-electron chi connectivity index (χ2n) is 4.08. The van der Waals surface area contributed by atoms with E-state index in [2.05, 4.69) is 9.97 Å². The van der Waals surface area contributed by atoms with Crippen LogP contribution in [0, 0.1) is 0 Å². The number of aromatic nitrogens is 3. The Morgan fingerprint density at radius 1 is 1.22 bits per heavy atom. The van der Waals surface area contributed by atoms with Crippen molar-refractivity contribution in [1.82, 2.24) is 14.5 Å². The minimum atomic E-state index is 0.0518. The van der Waals surface area contributed by atoms with Gasteiger partial charge < -0.3 is 15.4 Å². The van der Waals surface area contributed by atoms with Crippen LogP contribution in [0.5, 0.6) is 5.75 Å². The summed E-state index contributed by atoms with van der Waals surface area (Å²) in [4.78, 5) is 8.62. The topological polar surface area (TPSA) is 77.0 Å². The minimum Gasteiger partial charge on any atom is -0.505 e. The minimum absolute atomic E-state index is 0.0518. The number of pyridine rings is 1. The number of rotatable bonds is 1. The maximum atomic E-state index is 10.0. The van der Waals surface area contributed by atoms with Crippen molar-refractivity contribution >= 4 is 16.9 Å². The molecule has 5 nitrogen and oxygen atoms in total. The molecule has 2 heterocycles. The number of phenolic OH excluding ortho intramolecular Hbond substituents is 1. The molecule has 3 aromatic rings. The molecule has 0 saturated carbocycles. The Hall–Kier alpha value is -2.56. The number of nitrogens with two attached hydrogens (primary N) is 1. The Morgan fingerprint density at radius 3 is 2.83 bits per heavy atom. The standard InChI is InChI=1S/C13H12N4O/c1-17-10-6-3-7-15-12(10)16-13(17)8-4-2-5-9(14)11(8)18/h2-7,18H,14H2,1H3. The summed E-state index contributed by atoms with van der Waals surface area (Å²) < 4.78 is 1.89. The van der Waals surface area contributed by atoms with E-state index >= 15 is 0 Å². The molecule has 0 saturated heterocycles. The van der Waals surface area contributed by atoms with Gasteiger partial charge in [0.25, 0.3) is 0 Å². The van der Waals surface area contributed by atoms with Gasteiger partial charge in [-0.1, -0.05) is 6.07 Å². The molecule has 1 aromatic carbocycles. The van der Waals surface area contributed by atoms with Crippen LogP contribution in [0.3, 0.4) is 0 Å². The van der Waals surface area contributed by atoms with Gasteiger partial charge in [0.05, 0.1) is 16.8 Å². The van der Waals surface area contributed by atoms with Crippen LogP contribution in [-0.4, -0.2) is 19.6 Å². The van der Waals surface area contributed by atoms with Crippen LogP contribution in [-0.2, 0) is 7.05 Å². The number of anilines is 1. The first-order valence-electron chi connectivity index (χ1n) is 5.54. The Morgan fingerprint density at radius 2 is 2.06 bits per heavy atom. The Labute approximate surface area is 104 Å². The molecule has 2 aromatic heterocycles. The summed E-state index contributed by atoms with van der Waals surface area (Å²) in [5, 5.41) is 10.0. The van der Waals surface area contributed by atoms with Crippen LogP contribution >= 0.6 is 0 Å². The number of benzene rings is 1. The highest BCUT2D eigenvalue weighted by Crippen LogP contribution is 2.33. The van der Waals surface area contributed by atoms with E-state index in [4.69, 9.17) is 5.73 Å². The first-order chi connectivity index (χ1) is 8.68. The lowest BCUT2D eigenvalue weighted by molar-refractivity contribution is 0.479. The molecule has 0 unspecified atom stereocenters. The van der Waals surface area contributed by atoms with E-state index in [9.17, 15) is 5.11 Å². The number of imidazole rings is 1. The fourth-order valence-corrected chi connectivity index (χ4v) is 2.01. The fraction of sp³-hybridized carbons (Fsp3) is 0.0769. The third kappa shape index (κ3) is 1.41. The van der Waals surface area contributed by atoms with Gasteiger partial charge in [-0.25, -0.2) is 9.97 Å². The number of phenols is 1. The highest BCUT2D eigenvalue weighted by atomic mass is 16.3. The van der Waals surface area contributed by atoms with E-state index in [1.807, 2.05) is 23.7 Å². The molecule has 0 fully saturated rings. The SMILES string of the molecule is Cn1c(-c2cccc(N)c2O)nc2ncccc21. The molecule has 0 bridgehead atoms.